The average Bonchev–Trinajstić information content (AvgIpc) is 3.14. The quantitative estimate of drug-likeness (QED) is 0.552. The monoisotopic (exact) mass is 392 g/mol. The summed E-state index contributed by atoms with van der Waals surface area (Å²) in [6.45, 7) is 4.62. The number of carbonyl (C=O) groups is 2. The maximum atomic E-state index is 12.0. The van der Waals surface area contributed by atoms with Gasteiger partial charge in [-0.05, 0) is 24.1 Å². The molecule has 3 rings (SSSR count). The Kier molecular flexibility index (Phi) is 6.49. The summed E-state index contributed by atoms with van der Waals surface area (Å²) in [6.07, 6.45) is 4.57. The zero-order valence-corrected chi connectivity index (χ0v) is 16.6. The molecule has 29 heavy (non-hydrogen) atoms. The molecule has 0 fully saturated rings. The number of nitrogens with zero attached hydrogens (tertiary/aromatic N) is 4. The maximum absolute atomic E-state index is 12.0. The van der Waals surface area contributed by atoms with Crippen molar-refractivity contribution >= 4 is 11.8 Å². The number of aryl methyl sites for hydroxylation is 1. The van der Waals surface area contributed by atoms with Gasteiger partial charge in [-0.3, -0.25) is 9.78 Å². The van der Waals surface area contributed by atoms with Crippen molar-refractivity contribution in [1.82, 2.24) is 19.7 Å². The number of carboxylic acids is 1. The van der Waals surface area contributed by atoms with Crippen LogP contribution in [0.4, 0.5) is 0 Å². The molecule has 1 N–H and O–H groups in total. The summed E-state index contributed by atoms with van der Waals surface area (Å²) in [5, 5.41) is 13.8. The highest BCUT2D eigenvalue weighted by atomic mass is 16.4. The van der Waals surface area contributed by atoms with Crippen molar-refractivity contribution in [2.45, 2.75) is 46.1 Å². The van der Waals surface area contributed by atoms with E-state index in [4.69, 9.17) is 0 Å². The highest BCUT2D eigenvalue weighted by molar-refractivity contribution is 5.95. The minimum absolute atomic E-state index is 0.0692. The SMILES string of the molecule is CCCCn1nc(C(=O)CC)nc1Cc1ccc(-c2ccccc2C(=O)O)nc1. The summed E-state index contributed by atoms with van der Waals surface area (Å²) < 4.78 is 1.81. The maximum Gasteiger partial charge on any atom is 0.336 e. The van der Waals surface area contributed by atoms with Gasteiger partial charge in [-0.2, -0.15) is 0 Å². The Bertz CT molecular complexity index is 1010. The van der Waals surface area contributed by atoms with E-state index in [1.165, 1.54) is 0 Å². The summed E-state index contributed by atoms with van der Waals surface area (Å²) in [4.78, 5) is 32.3. The van der Waals surface area contributed by atoms with Gasteiger partial charge in [0.15, 0.2) is 0 Å². The number of carboxylic acid groups (broad SMARTS) is 1. The van der Waals surface area contributed by atoms with E-state index in [2.05, 4.69) is 22.0 Å². The lowest BCUT2D eigenvalue weighted by Crippen LogP contribution is -2.07. The smallest absolute Gasteiger partial charge is 0.336 e. The van der Waals surface area contributed by atoms with Gasteiger partial charge in [-0.25, -0.2) is 14.5 Å². The molecule has 0 spiro atoms. The van der Waals surface area contributed by atoms with E-state index in [9.17, 15) is 14.7 Å². The molecule has 0 bridgehead atoms. The number of unbranched alkanes of at least 4 members (excludes halogenated alkanes) is 1. The van der Waals surface area contributed by atoms with Gasteiger partial charge >= 0.3 is 5.97 Å². The number of rotatable bonds is 9. The van der Waals surface area contributed by atoms with Gasteiger partial charge in [0.1, 0.15) is 5.82 Å². The summed E-state index contributed by atoms with van der Waals surface area (Å²) >= 11 is 0. The minimum atomic E-state index is -0.983. The summed E-state index contributed by atoms with van der Waals surface area (Å²) in [6, 6.07) is 10.5. The van der Waals surface area contributed by atoms with Crippen LogP contribution in [0.3, 0.4) is 0 Å². The lowest BCUT2D eigenvalue weighted by atomic mass is 10.0. The summed E-state index contributed by atoms with van der Waals surface area (Å²) in [5.74, 6) is -0.0572. The van der Waals surface area contributed by atoms with Crippen LogP contribution in [-0.4, -0.2) is 36.6 Å². The largest absolute Gasteiger partial charge is 0.478 e. The molecule has 0 aliphatic rings. The molecule has 0 saturated carbocycles. The van der Waals surface area contributed by atoms with Crippen molar-refractivity contribution in [3.05, 3.63) is 65.4 Å². The van der Waals surface area contributed by atoms with Crippen LogP contribution in [0.1, 0.15) is 65.5 Å². The Labute approximate surface area is 169 Å². The first kappa shape index (κ1) is 20.4. The Morgan fingerprint density at radius 3 is 2.55 bits per heavy atom. The lowest BCUT2D eigenvalue weighted by molar-refractivity contribution is 0.0697. The van der Waals surface area contributed by atoms with Crippen LogP contribution in [0, 0.1) is 0 Å². The van der Waals surface area contributed by atoms with E-state index in [0.29, 0.717) is 30.6 Å². The van der Waals surface area contributed by atoms with Crippen LogP contribution in [0.2, 0.25) is 0 Å². The van der Waals surface area contributed by atoms with Crippen molar-refractivity contribution in [3.63, 3.8) is 0 Å². The van der Waals surface area contributed by atoms with Crippen LogP contribution in [0.25, 0.3) is 11.3 Å². The molecule has 2 heterocycles. The molecular weight excluding hydrogens is 368 g/mol. The second kappa shape index (κ2) is 9.23. The van der Waals surface area contributed by atoms with E-state index >= 15 is 0 Å². The van der Waals surface area contributed by atoms with Gasteiger partial charge in [0, 0.05) is 31.1 Å². The van der Waals surface area contributed by atoms with E-state index in [-0.39, 0.29) is 17.2 Å². The number of hydrogen-bond donors (Lipinski definition) is 1. The zero-order valence-electron chi connectivity index (χ0n) is 16.6. The molecular formula is C22H24N4O3. The fraction of sp³-hybridized carbons (Fsp3) is 0.318. The van der Waals surface area contributed by atoms with Gasteiger partial charge in [-0.15, -0.1) is 5.10 Å². The standard InChI is InChI=1S/C22H24N4O3/c1-3-5-12-26-20(24-21(25-26)19(27)4-2)13-15-10-11-18(23-14-15)16-8-6-7-9-17(16)22(28)29/h6-11,14H,3-5,12-13H2,1-2H3,(H,28,29). The molecule has 0 amide bonds. The predicted octanol–water partition coefficient (Wildman–Crippen LogP) is 4.02. The van der Waals surface area contributed by atoms with Gasteiger partial charge < -0.3 is 5.11 Å². The molecule has 1 aromatic carbocycles. The Morgan fingerprint density at radius 1 is 1.10 bits per heavy atom. The fourth-order valence-corrected chi connectivity index (χ4v) is 3.03. The van der Waals surface area contributed by atoms with Crippen LogP contribution in [0.15, 0.2) is 42.6 Å². The molecule has 0 saturated heterocycles. The van der Waals surface area contributed by atoms with Crippen molar-refractivity contribution in [3.8, 4) is 11.3 Å². The Morgan fingerprint density at radius 2 is 1.90 bits per heavy atom. The average molecular weight is 392 g/mol. The molecule has 150 valence electrons. The first-order valence-corrected chi connectivity index (χ1v) is 9.78. The number of Topliss-reactive ketones (excluding diaryl/α,β-unsaturated/α-hetero) is 1. The lowest BCUT2D eigenvalue weighted by Gasteiger charge is -2.07. The minimum Gasteiger partial charge on any atom is -0.478 e. The molecule has 0 radical (unpaired) electrons. The number of pyridine rings is 1. The van der Waals surface area contributed by atoms with Crippen molar-refractivity contribution in [2.75, 3.05) is 0 Å². The highest BCUT2D eigenvalue weighted by Gasteiger charge is 2.16. The molecule has 3 aromatic rings. The molecule has 0 aliphatic heterocycles. The van der Waals surface area contributed by atoms with E-state index in [0.717, 1.165) is 24.2 Å². The number of carbonyl (C=O) groups excluding carboxylic acids is 1. The molecule has 0 unspecified atom stereocenters. The third-order valence-electron chi connectivity index (χ3n) is 4.66. The topological polar surface area (TPSA) is 98.0 Å². The molecule has 7 nitrogen and oxygen atoms in total. The van der Waals surface area contributed by atoms with Gasteiger partial charge in [0.2, 0.25) is 11.6 Å². The first-order valence-electron chi connectivity index (χ1n) is 9.78. The number of ketones is 1. The second-order valence-electron chi connectivity index (χ2n) is 6.78. The van der Waals surface area contributed by atoms with Gasteiger partial charge in [0.25, 0.3) is 0 Å². The van der Waals surface area contributed by atoms with Crippen LogP contribution >= 0.6 is 0 Å². The summed E-state index contributed by atoms with van der Waals surface area (Å²) in [7, 11) is 0. The van der Waals surface area contributed by atoms with Crippen LogP contribution < -0.4 is 0 Å². The Hall–Kier alpha value is -3.35. The van der Waals surface area contributed by atoms with Crippen LogP contribution in [0.5, 0.6) is 0 Å². The van der Waals surface area contributed by atoms with Crippen molar-refractivity contribution < 1.29 is 14.7 Å². The molecule has 0 aliphatic carbocycles. The number of hydrogen-bond acceptors (Lipinski definition) is 5. The van der Waals surface area contributed by atoms with Gasteiger partial charge in [-0.1, -0.05) is 44.5 Å². The van der Waals surface area contributed by atoms with Crippen molar-refractivity contribution in [2.24, 2.45) is 0 Å². The normalized spacial score (nSPS) is 10.8. The summed E-state index contributed by atoms with van der Waals surface area (Å²) in [5.41, 5.74) is 2.31. The Balaban J connectivity index is 1.85. The first-order chi connectivity index (χ1) is 14.0. The zero-order chi connectivity index (χ0) is 20.8. The molecule has 2 aromatic heterocycles. The van der Waals surface area contributed by atoms with Crippen molar-refractivity contribution in [1.29, 1.82) is 0 Å². The van der Waals surface area contributed by atoms with Gasteiger partial charge in [0.05, 0.1) is 11.3 Å². The van der Waals surface area contributed by atoms with Crippen LogP contribution in [-0.2, 0) is 13.0 Å². The predicted molar refractivity (Wildman–Crippen MR) is 109 cm³/mol. The van der Waals surface area contributed by atoms with E-state index < -0.39 is 5.97 Å². The second-order valence-corrected chi connectivity index (χ2v) is 6.78. The third kappa shape index (κ3) is 4.74. The molecule has 7 heteroatoms. The van der Waals surface area contributed by atoms with E-state index in [1.54, 1.807) is 42.1 Å². The molecule has 0 atom stereocenters. The highest BCUT2D eigenvalue weighted by Crippen LogP contribution is 2.22. The number of aromatic nitrogens is 4. The number of aromatic carboxylic acids is 1. The number of benzene rings is 1. The third-order valence-corrected chi connectivity index (χ3v) is 4.66. The fourth-order valence-electron chi connectivity index (χ4n) is 3.03. The van der Waals surface area contributed by atoms with E-state index in [1.807, 2.05) is 12.1 Å².